The molecule has 1 saturated carbocycles. The molecular formula is C21H27N3O5. The topological polar surface area (TPSA) is 97.0 Å². The van der Waals surface area contributed by atoms with Crippen molar-refractivity contribution in [3.63, 3.8) is 0 Å². The molecule has 1 aromatic rings. The third kappa shape index (κ3) is 4.63. The second-order valence-corrected chi connectivity index (χ2v) is 7.91. The Hall–Kier alpha value is -2.77. The van der Waals surface area contributed by atoms with Crippen molar-refractivity contribution in [3.8, 4) is 11.5 Å². The maximum atomic E-state index is 12.7. The summed E-state index contributed by atoms with van der Waals surface area (Å²) in [5.41, 5.74) is 0.782. The molecule has 1 saturated heterocycles. The number of ether oxygens (including phenoxy) is 2. The number of hydrogen-bond donors (Lipinski definition) is 2. The Morgan fingerprint density at radius 3 is 2.66 bits per heavy atom. The van der Waals surface area contributed by atoms with Crippen LogP contribution in [0, 0.1) is 0 Å². The molecule has 0 spiro atoms. The number of nitrogens with one attached hydrogen (secondary N) is 2. The van der Waals surface area contributed by atoms with Crippen LogP contribution in [-0.2, 0) is 16.1 Å². The van der Waals surface area contributed by atoms with E-state index in [2.05, 4.69) is 10.6 Å². The van der Waals surface area contributed by atoms with Gasteiger partial charge in [0.25, 0.3) is 5.91 Å². The fourth-order valence-corrected chi connectivity index (χ4v) is 4.14. The van der Waals surface area contributed by atoms with Gasteiger partial charge in [0.1, 0.15) is 6.04 Å². The zero-order valence-corrected chi connectivity index (χ0v) is 16.4. The van der Waals surface area contributed by atoms with Gasteiger partial charge >= 0.3 is 6.03 Å². The minimum Gasteiger partial charge on any atom is -0.454 e. The van der Waals surface area contributed by atoms with E-state index >= 15 is 0 Å². The van der Waals surface area contributed by atoms with Crippen molar-refractivity contribution in [1.82, 2.24) is 15.5 Å². The Bertz CT molecular complexity index is 789. The fraction of sp³-hybridized carbons (Fsp3) is 0.571. The first-order valence-corrected chi connectivity index (χ1v) is 10.4. The van der Waals surface area contributed by atoms with E-state index in [1.807, 2.05) is 6.07 Å². The van der Waals surface area contributed by atoms with Gasteiger partial charge in [-0.05, 0) is 37.0 Å². The van der Waals surface area contributed by atoms with Crippen molar-refractivity contribution in [1.29, 1.82) is 0 Å². The highest BCUT2D eigenvalue weighted by atomic mass is 16.7. The van der Waals surface area contributed by atoms with Crippen molar-refractivity contribution in [3.05, 3.63) is 23.8 Å². The van der Waals surface area contributed by atoms with Gasteiger partial charge in [-0.1, -0.05) is 31.7 Å². The number of carbonyl (C=O) groups is 3. The largest absolute Gasteiger partial charge is 0.454 e. The molecular weight excluding hydrogens is 374 g/mol. The van der Waals surface area contributed by atoms with Crippen LogP contribution < -0.4 is 20.1 Å². The van der Waals surface area contributed by atoms with Gasteiger partial charge in [0, 0.05) is 12.5 Å². The van der Waals surface area contributed by atoms with Crippen molar-refractivity contribution >= 4 is 17.8 Å². The van der Waals surface area contributed by atoms with Gasteiger partial charge in [0.2, 0.25) is 12.7 Å². The molecule has 156 valence electrons. The van der Waals surface area contributed by atoms with E-state index in [1.165, 1.54) is 17.7 Å². The fourth-order valence-electron chi connectivity index (χ4n) is 4.14. The summed E-state index contributed by atoms with van der Waals surface area (Å²) < 4.78 is 10.6. The molecule has 3 aliphatic rings. The lowest BCUT2D eigenvalue weighted by atomic mass is 10.1. The molecule has 1 unspecified atom stereocenters. The molecule has 2 aliphatic heterocycles. The lowest BCUT2D eigenvalue weighted by Crippen LogP contribution is -2.36. The summed E-state index contributed by atoms with van der Waals surface area (Å²) in [6.45, 7) is 0.332. The Morgan fingerprint density at radius 1 is 1.10 bits per heavy atom. The van der Waals surface area contributed by atoms with E-state index in [1.54, 1.807) is 12.1 Å². The van der Waals surface area contributed by atoms with Crippen LogP contribution in [-0.4, -0.2) is 41.6 Å². The number of benzene rings is 1. The smallest absolute Gasteiger partial charge is 0.325 e. The molecule has 4 amide bonds. The van der Waals surface area contributed by atoms with Crippen molar-refractivity contribution < 1.29 is 23.9 Å². The van der Waals surface area contributed by atoms with Gasteiger partial charge in [-0.15, -0.1) is 0 Å². The molecule has 2 N–H and O–H groups in total. The molecule has 29 heavy (non-hydrogen) atoms. The molecule has 2 heterocycles. The Labute approximate surface area is 169 Å². The third-order valence-electron chi connectivity index (χ3n) is 5.77. The average molecular weight is 401 g/mol. The Morgan fingerprint density at radius 2 is 1.86 bits per heavy atom. The molecule has 8 heteroatoms. The maximum absolute atomic E-state index is 12.7. The second-order valence-electron chi connectivity index (χ2n) is 7.91. The average Bonchev–Trinajstić information content (AvgIpc) is 3.17. The van der Waals surface area contributed by atoms with Gasteiger partial charge < -0.3 is 20.1 Å². The molecule has 1 aromatic carbocycles. The van der Waals surface area contributed by atoms with E-state index in [9.17, 15) is 14.4 Å². The van der Waals surface area contributed by atoms with Gasteiger partial charge in [-0.2, -0.15) is 0 Å². The number of carbonyl (C=O) groups excluding carboxylic acids is 3. The summed E-state index contributed by atoms with van der Waals surface area (Å²) in [5, 5.41) is 5.78. The van der Waals surface area contributed by atoms with Gasteiger partial charge in [0.05, 0.1) is 6.54 Å². The Kier molecular flexibility index (Phi) is 5.87. The highest BCUT2D eigenvalue weighted by molar-refractivity contribution is 6.04. The van der Waals surface area contributed by atoms with Gasteiger partial charge in [-0.25, -0.2) is 4.79 Å². The zero-order chi connectivity index (χ0) is 20.2. The van der Waals surface area contributed by atoms with Crippen LogP contribution in [0.5, 0.6) is 11.5 Å². The molecule has 0 bridgehead atoms. The maximum Gasteiger partial charge on any atom is 0.325 e. The number of urea groups is 1. The van der Waals surface area contributed by atoms with E-state index in [-0.39, 0.29) is 37.6 Å². The van der Waals surface area contributed by atoms with Gasteiger partial charge in [-0.3, -0.25) is 14.5 Å². The van der Waals surface area contributed by atoms with E-state index in [0.29, 0.717) is 17.9 Å². The Balaban J connectivity index is 1.28. The summed E-state index contributed by atoms with van der Waals surface area (Å²) >= 11 is 0. The lowest BCUT2D eigenvalue weighted by molar-refractivity contribution is -0.128. The summed E-state index contributed by atoms with van der Waals surface area (Å²) in [4.78, 5) is 38.4. The quantitative estimate of drug-likeness (QED) is 0.564. The van der Waals surface area contributed by atoms with Crippen molar-refractivity contribution in [2.24, 2.45) is 0 Å². The van der Waals surface area contributed by atoms with Crippen LogP contribution in [0.1, 0.15) is 56.9 Å². The molecule has 4 rings (SSSR count). The minimum absolute atomic E-state index is 0.0480. The number of amides is 4. The minimum atomic E-state index is -0.656. The lowest BCUT2D eigenvalue weighted by Gasteiger charge is -2.17. The number of hydrogen-bond acceptors (Lipinski definition) is 5. The normalized spacial score (nSPS) is 21.8. The predicted molar refractivity (Wildman–Crippen MR) is 104 cm³/mol. The van der Waals surface area contributed by atoms with Crippen LogP contribution in [0.4, 0.5) is 4.79 Å². The number of fused-ring (bicyclic) bond motifs is 1. The highest BCUT2D eigenvalue weighted by Gasteiger charge is 2.38. The molecule has 0 aromatic heterocycles. The SMILES string of the molecule is O=C(CCC1NC(=O)N(Cc2ccc3c(c2)OCO3)C1=O)NC1CCCCCC1. The summed E-state index contributed by atoms with van der Waals surface area (Å²) in [7, 11) is 0. The zero-order valence-electron chi connectivity index (χ0n) is 16.4. The highest BCUT2D eigenvalue weighted by Crippen LogP contribution is 2.33. The summed E-state index contributed by atoms with van der Waals surface area (Å²) in [6, 6.07) is 4.50. The van der Waals surface area contributed by atoms with E-state index in [0.717, 1.165) is 31.2 Å². The summed E-state index contributed by atoms with van der Waals surface area (Å²) in [5.74, 6) is 0.924. The first-order chi connectivity index (χ1) is 14.1. The monoisotopic (exact) mass is 401 g/mol. The van der Waals surface area contributed by atoms with Crippen molar-refractivity contribution in [2.75, 3.05) is 6.79 Å². The molecule has 8 nitrogen and oxygen atoms in total. The number of rotatable bonds is 6. The van der Waals surface area contributed by atoms with E-state index < -0.39 is 12.1 Å². The number of imide groups is 1. The first-order valence-electron chi connectivity index (χ1n) is 10.4. The molecule has 2 fully saturated rings. The van der Waals surface area contributed by atoms with Crippen LogP contribution in [0.15, 0.2) is 18.2 Å². The van der Waals surface area contributed by atoms with E-state index in [4.69, 9.17) is 9.47 Å². The summed E-state index contributed by atoms with van der Waals surface area (Å²) in [6.07, 6.45) is 7.34. The first kappa shape index (κ1) is 19.5. The van der Waals surface area contributed by atoms with Crippen LogP contribution in [0.2, 0.25) is 0 Å². The predicted octanol–water partition coefficient (Wildman–Crippen LogP) is 2.45. The standard InChI is InChI=1S/C21H27N3O5/c25-19(22-15-5-3-1-2-4-6-15)10-8-16-20(26)24(21(27)23-16)12-14-7-9-17-18(11-14)29-13-28-17/h7,9,11,15-16H,1-6,8,10,12-13H2,(H,22,25)(H,23,27). The second kappa shape index (κ2) is 8.71. The number of nitrogens with zero attached hydrogens (tertiary/aromatic N) is 1. The van der Waals surface area contributed by atoms with Crippen LogP contribution >= 0.6 is 0 Å². The third-order valence-corrected chi connectivity index (χ3v) is 5.77. The van der Waals surface area contributed by atoms with Crippen molar-refractivity contribution in [2.45, 2.75) is 70.0 Å². The molecule has 0 radical (unpaired) electrons. The van der Waals surface area contributed by atoms with Crippen LogP contribution in [0.3, 0.4) is 0 Å². The molecule has 1 atom stereocenters. The van der Waals surface area contributed by atoms with Crippen LogP contribution in [0.25, 0.3) is 0 Å². The molecule has 1 aliphatic carbocycles. The van der Waals surface area contributed by atoms with Gasteiger partial charge in [0.15, 0.2) is 11.5 Å².